The van der Waals surface area contributed by atoms with Crippen molar-refractivity contribution in [2.75, 3.05) is 0 Å². The monoisotopic (exact) mass is 251 g/mol. The molecule has 1 aliphatic rings. The molecular formula is C14H18ClNO. The van der Waals surface area contributed by atoms with E-state index in [-0.39, 0.29) is 11.9 Å². The summed E-state index contributed by atoms with van der Waals surface area (Å²) < 4.78 is 0. The number of nitrogens with one attached hydrogen (secondary N) is 1. The summed E-state index contributed by atoms with van der Waals surface area (Å²) in [5.41, 5.74) is 2.21. The predicted octanol–water partition coefficient (Wildman–Crippen LogP) is 3.37. The minimum atomic E-state index is -0.587. The molecule has 1 saturated carbocycles. The Bertz CT molecular complexity index is 412. The Morgan fingerprint density at radius 2 is 2.12 bits per heavy atom. The van der Waals surface area contributed by atoms with Crippen molar-refractivity contribution in [3.8, 4) is 0 Å². The number of amides is 1. The number of carbonyl (C=O) groups is 1. The van der Waals surface area contributed by atoms with Crippen molar-refractivity contribution in [1.82, 2.24) is 5.32 Å². The van der Waals surface area contributed by atoms with Crippen LogP contribution >= 0.6 is 11.6 Å². The maximum absolute atomic E-state index is 11.8. The summed E-state index contributed by atoms with van der Waals surface area (Å²) in [6, 6.07) is 8.21. The van der Waals surface area contributed by atoms with Crippen LogP contribution in [0.25, 0.3) is 0 Å². The van der Waals surface area contributed by atoms with Gasteiger partial charge in [0.2, 0.25) is 5.91 Å². The molecule has 2 nitrogen and oxygen atoms in total. The normalized spacial score (nSPS) is 16.9. The molecule has 92 valence electrons. The Morgan fingerprint density at radius 1 is 1.41 bits per heavy atom. The lowest BCUT2D eigenvalue weighted by Crippen LogP contribution is -2.32. The highest BCUT2D eigenvalue weighted by molar-refractivity contribution is 6.30. The van der Waals surface area contributed by atoms with Gasteiger partial charge in [-0.05, 0) is 43.7 Å². The van der Waals surface area contributed by atoms with Gasteiger partial charge >= 0.3 is 0 Å². The van der Waals surface area contributed by atoms with Gasteiger partial charge in [-0.1, -0.05) is 24.3 Å². The zero-order chi connectivity index (χ0) is 12.4. The van der Waals surface area contributed by atoms with E-state index in [0.29, 0.717) is 5.92 Å². The van der Waals surface area contributed by atoms with Crippen LogP contribution in [0.5, 0.6) is 0 Å². The van der Waals surface area contributed by atoms with Crippen LogP contribution in [0.4, 0.5) is 0 Å². The number of alkyl halides is 1. The molecule has 3 heteroatoms. The molecule has 1 unspecified atom stereocenters. The summed E-state index contributed by atoms with van der Waals surface area (Å²) >= 11 is 6.19. The largest absolute Gasteiger partial charge is 0.352 e. The molecule has 1 amide bonds. The maximum Gasteiger partial charge on any atom is 0.242 e. The Labute approximate surface area is 107 Å². The minimum Gasteiger partial charge on any atom is -0.352 e. The van der Waals surface area contributed by atoms with E-state index in [4.69, 9.17) is 11.6 Å². The fourth-order valence-electron chi connectivity index (χ4n) is 1.90. The number of benzene rings is 1. The van der Waals surface area contributed by atoms with Crippen molar-refractivity contribution in [1.29, 1.82) is 0 Å². The topological polar surface area (TPSA) is 29.1 Å². The molecule has 17 heavy (non-hydrogen) atoms. The van der Waals surface area contributed by atoms with Crippen LogP contribution in [-0.4, -0.2) is 11.9 Å². The van der Waals surface area contributed by atoms with Crippen molar-refractivity contribution in [2.24, 2.45) is 0 Å². The second-order valence-corrected chi connectivity index (χ2v) is 5.41. The summed E-state index contributed by atoms with van der Waals surface area (Å²) in [7, 11) is 0. The third-order valence-electron chi connectivity index (χ3n) is 2.91. The van der Waals surface area contributed by atoms with Crippen LogP contribution in [-0.2, 0) is 4.79 Å². The van der Waals surface area contributed by atoms with Gasteiger partial charge in [0.15, 0.2) is 0 Å². The van der Waals surface area contributed by atoms with E-state index >= 15 is 0 Å². The average molecular weight is 252 g/mol. The van der Waals surface area contributed by atoms with Gasteiger partial charge in [0.1, 0.15) is 5.38 Å². The lowest BCUT2D eigenvalue weighted by molar-refractivity contribution is -0.121. The zero-order valence-electron chi connectivity index (χ0n) is 10.2. The Balaban J connectivity index is 2.09. The Morgan fingerprint density at radius 3 is 2.71 bits per heavy atom. The molecule has 1 fully saturated rings. The molecule has 1 atom stereocenters. The van der Waals surface area contributed by atoms with Crippen molar-refractivity contribution in [2.45, 2.75) is 44.0 Å². The van der Waals surface area contributed by atoms with E-state index in [1.165, 1.54) is 18.4 Å². The van der Waals surface area contributed by atoms with Crippen LogP contribution in [0, 0.1) is 0 Å². The maximum atomic E-state index is 11.8. The van der Waals surface area contributed by atoms with Gasteiger partial charge in [0.05, 0.1) is 0 Å². The fourth-order valence-corrected chi connectivity index (χ4v) is 2.10. The third-order valence-corrected chi connectivity index (χ3v) is 3.36. The van der Waals surface area contributed by atoms with E-state index in [0.717, 1.165) is 5.56 Å². The molecule has 1 aromatic rings. The highest BCUT2D eigenvalue weighted by atomic mass is 35.5. The summed E-state index contributed by atoms with van der Waals surface area (Å²) in [5.74, 6) is 0.571. The van der Waals surface area contributed by atoms with Crippen molar-refractivity contribution >= 4 is 17.5 Å². The fraction of sp³-hybridized carbons (Fsp3) is 0.500. The number of carbonyl (C=O) groups excluding carboxylic acids is 1. The van der Waals surface area contributed by atoms with Gasteiger partial charge in [-0.2, -0.15) is 0 Å². The number of hydrogen-bond acceptors (Lipinski definition) is 1. The van der Waals surface area contributed by atoms with Crippen LogP contribution in [0.15, 0.2) is 24.3 Å². The molecular weight excluding hydrogens is 234 g/mol. The molecule has 1 aliphatic carbocycles. The van der Waals surface area contributed by atoms with Gasteiger partial charge < -0.3 is 5.32 Å². The molecule has 0 heterocycles. The van der Waals surface area contributed by atoms with Gasteiger partial charge in [0.25, 0.3) is 0 Å². The highest BCUT2D eigenvalue weighted by Gasteiger charge is 2.25. The van der Waals surface area contributed by atoms with Gasteiger partial charge in [-0.15, -0.1) is 11.6 Å². The van der Waals surface area contributed by atoms with Gasteiger partial charge in [0, 0.05) is 6.04 Å². The van der Waals surface area contributed by atoms with Crippen LogP contribution in [0.2, 0.25) is 0 Å². The van der Waals surface area contributed by atoms with E-state index in [1.54, 1.807) is 0 Å². The van der Waals surface area contributed by atoms with Crippen molar-refractivity contribution < 1.29 is 4.79 Å². The lowest BCUT2D eigenvalue weighted by Gasteiger charge is -2.14. The third kappa shape index (κ3) is 3.22. The van der Waals surface area contributed by atoms with Crippen LogP contribution in [0.1, 0.15) is 49.1 Å². The predicted molar refractivity (Wildman–Crippen MR) is 70.3 cm³/mol. The van der Waals surface area contributed by atoms with E-state index in [1.807, 2.05) is 26.0 Å². The molecule has 2 rings (SSSR count). The second-order valence-electron chi connectivity index (χ2n) is 4.97. The van der Waals surface area contributed by atoms with Crippen LogP contribution in [0.3, 0.4) is 0 Å². The smallest absolute Gasteiger partial charge is 0.242 e. The van der Waals surface area contributed by atoms with E-state index in [2.05, 4.69) is 17.4 Å². The van der Waals surface area contributed by atoms with E-state index < -0.39 is 5.38 Å². The molecule has 1 N–H and O–H groups in total. The first-order valence-corrected chi connectivity index (χ1v) is 6.56. The quantitative estimate of drug-likeness (QED) is 0.817. The first kappa shape index (κ1) is 12.4. The second kappa shape index (κ2) is 5.09. The summed E-state index contributed by atoms with van der Waals surface area (Å²) in [4.78, 5) is 11.8. The molecule has 0 aliphatic heterocycles. The number of rotatable bonds is 4. The standard InChI is InChI=1S/C14H18ClNO/c1-9(2)16-14(17)13(15)12-5-3-4-11(8-12)10-6-7-10/h3-5,8-10,13H,6-7H2,1-2H3,(H,16,17). The molecule has 1 aromatic carbocycles. The average Bonchev–Trinajstić information content (AvgIpc) is 3.11. The molecule has 0 radical (unpaired) electrons. The van der Waals surface area contributed by atoms with Gasteiger partial charge in [-0.25, -0.2) is 0 Å². The Kier molecular flexibility index (Phi) is 3.72. The highest BCUT2D eigenvalue weighted by Crippen LogP contribution is 2.40. The van der Waals surface area contributed by atoms with E-state index in [9.17, 15) is 4.79 Å². The summed E-state index contributed by atoms with van der Waals surface area (Å²) in [5, 5.41) is 2.25. The number of halogens is 1. The SMILES string of the molecule is CC(C)NC(=O)C(Cl)c1cccc(C2CC2)c1. The van der Waals surface area contributed by atoms with Crippen LogP contribution < -0.4 is 5.32 Å². The van der Waals surface area contributed by atoms with Crippen molar-refractivity contribution in [3.63, 3.8) is 0 Å². The molecule has 0 bridgehead atoms. The van der Waals surface area contributed by atoms with Crippen molar-refractivity contribution in [3.05, 3.63) is 35.4 Å². The molecule has 0 saturated heterocycles. The first-order chi connectivity index (χ1) is 8.08. The summed E-state index contributed by atoms with van der Waals surface area (Å²) in [6.45, 7) is 3.87. The minimum absolute atomic E-state index is 0.116. The lowest BCUT2D eigenvalue weighted by atomic mass is 10.0. The Hall–Kier alpha value is -1.02. The van der Waals surface area contributed by atoms with Gasteiger partial charge in [-0.3, -0.25) is 4.79 Å². The first-order valence-electron chi connectivity index (χ1n) is 6.12. The zero-order valence-corrected chi connectivity index (χ0v) is 11.0. The molecule has 0 aromatic heterocycles. The summed E-state index contributed by atoms with van der Waals surface area (Å²) in [6.07, 6.45) is 2.52. The number of hydrogen-bond donors (Lipinski definition) is 1. The molecule has 0 spiro atoms.